The van der Waals surface area contributed by atoms with Crippen molar-refractivity contribution in [3.63, 3.8) is 0 Å². The molecule has 1 fully saturated rings. The second-order valence-electron chi connectivity index (χ2n) is 9.87. The highest BCUT2D eigenvalue weighted by atomic mass is 32.2. The van der Waals surface area contributed by atoms with Crippen molar-refractivity contribution in [3.8, 4) is 0 Å². The third-order valence-corrected chi connectivity index (χ3v) is 8.17. The summed E-state index contributed by atoms with van der Waals surface area (Å²) in [5, 5.41) is 9.76. The SMILES string of the molecule is CCCCCCCCCCCCCCCN=NCCSC1CCCCCCCCCC1. The molecule has 3 heteroatoms. The van der Waals surface area contributed by atoms with Gasteiger partial charge in [0.15, 0.2) is 0 Å². The summed E-state index contributed by atoms with van der Waals surface area (Å²) in [4.78, 5) is 0. The molecular weight excluding hydrogens is 396 g/mol. The molecule has 0 aliphatic heterocycles. The van der Waals surface area contributed by atoms with Gasteiger partial charge in [0.2, 0.25) is 0 Å². The van der Waals surface area contributed by atoms with Gasteiger partial charge in [0.25, 0.3) is 0 Å². The standard InChI is InChI=1S/C28H56N2S/c1-2-3-4-5-6-7-8-9-10-13-16-19-22-25-29-30-26-27-31-28-23-20-17-14-11-12-15-18-21-24-28/h28H,2-27H2,1H3. The van der Waals surface area contributed by atoms with E-state index in [0.717, 1.165) is 18.3 Å². The first-order valence-corrected chi connectivity index (χ1v) is 15.4. The van der Waals surface area contributed by atoms with Crippen molar-refractivity contribution in [3.05, 3.63) is 0 Å². The fourth-order valence-electron chi connectivity index (χ4n) is 4.72. The zero-order valence-corrected chi connectivity index (χ0v) is 22.1. The highest BCUT2D eigenvalue weighted by molar-refractivity contribution is 7.99. The first kappa shape index (κ1) is 29.0. The number of nitrogens with zero attached hydrogens (tertiary/aromatic N) is 2. The summed E-state index contributed by atoms with van der Waals surface area (Å²) in [5.74, 6) is 1.17. The number of unbranched alkanes of at least 4 members (excludes halogenated alkanes) is 12. The lowest BCUT2D eigenvalue weighted by molar-refractivity contribution is 0.539. The maximum atomic E-state index is 4.44. The number of hydrogen-bond donors (Lipinski definition) is 0. The van der Waals surface area contributed by atoms with E-state index in [1.807, 2.05) is 0 Å². The predicted molar refractivity (Wildman–Crippen MR) is 143 cm³/mol. The van der Waals surface area contributed by atoms with E-state index in [9.17, 15) is 0 Å². The van der Waals surface area contributed by atoms with Crippen LogP contribution in [0.5, 0.6) is 0 Å². The Morgan fingerprint density at radius 3 is 1.45 bits per heavy atom. The van der Waals surface area contributed by atoms with Crippen molar-refractivity contribution in [1.82, 2.24) is 0 Å². The lowest BCUT2D eigenvalue weighted by atomic mass is 10.0. The fourth-order valence-corrected chi connectivity index (χ4v) is 5.90. The van der Waals surface area contributed by atoms with Crippen LogP contribution in [0.4, 0.5) is 0 Å². The van der Waals surface area contributed by atoms with E-state index in [0.29, 0.717) is 0 Å². The zero-order chi connectivity index (χ0) is 22.1. The van der Waals surface area contributed by atoms with Crippen molar-refractivity contribution in [2.45, 2.75) is 160 Å². The molecule has 0 aromatic heterocycles. The van der Waals surface area contributed by atoms with Gasteiger partial charge in [-0.2, -0.15) is 22.0 Å². The van der Waals surface area contributed by atoms with E-state index < -0.39 is 0 Å². The van der Waals surface area contributed by atoms with Crippen LogP contribution in [-0.4, -0.2) is 24.1 Å². The van der Waals surface area contributed by atoms with Gasteiger partial charge in [0.05, 0.1) is 13.1 Å². The summed E-state index contributed by atoms with van der Waals surface area (Å²) < 4.78 is 0. The molecule has 184 valence electrons. The monoisotopic (exact) mass is 452 g/mol. The number of thioether (sulfide) groups is 1. The molecule has 0 atom stereocenters. The van der Waals surface area contributed by atoms with Crippen molar-refractivity contribution in [2.75, 3.05) is 18.8 Å². The highest BCUT2D eigenvalue weighted by Gasteiger charge is 2.09. The molecule has 0 heterocycles. The second-order valence-corrected chi connectivity index (χ2v) is 11.3. The van der Waals surface area contributed by atoms with E-state index in [2.05, 4.69) is 28.9 Å². The third kappa shape index (κ3) is 21.6. The van der Waals surface area contributed by atoms with Crippen LogP contribution in [-0.2, 0) is 0 Å². The van der Waals surface area contributed by atoms with Crippen LogP contribution < -0.4 is 0 Å². The molecule has 0 radical (unpaired) electrons. The zero-order valence-electron chi connectivity index (χ0n) is 21.3. The van der Waals surface area contributed by atoms with Gasteiger partial charge in [-0.15, -0.1) is 0 Å². The Kier molecular flexibility index (Phi) is 23.0. The van der Waals surface area contributed by atoms with Gasteiger partial charge in [-0.25, -0.2) is 0 Å². The molecule has 1 rings (SSSR count). The molecule has 0 N–H and O–H groups in total. The molecule has 1 saturated carbocycles. The first-order chi connectivity index (χ1) is 15.4. The molecule has 0 saturated heterocycles. The Balaban J connectivity index is 1.83. The van der Waals surface area contributed by atoms with Crippen LogP contribution in [0.15, 0.2) is 10.2 Å². The van der Waals surface area contributed by atoms with Crippen molar-refractivity contribution < 1.29 is 0 Å². The minimum absolute atomic E-state index is 0.884. The summed E-state index contributed by atoms with van der Waals surface area (Å²) in [6.45, 7) is 4.18. The molecule has 0 amide bonds. The number of rotatable bonds is 18. The van der Waals surface area contributed by atoms with Gasteiger partial charge in [0.1, 0.15) is 0 Å². The van der Waals surface area contributed by atoms with Gasteiger partial charge in [-0.3, -0.25) is 0 Å². The van der Waals surface area contributed by atoms with Gasteiger partial charge in [-0.1, -0.05) is 135 Å². The van der Waals surface area contributed by atoms with Gasteiger partial charge in [0, 0.05) is 11.0 Å². The minimum Gasteiger partial charge on any atom is -0.194 e. The van der Waals surface area contributed by atoms with Crippen LogP contribution in [0, 0.1) is 0 Å². The third-order valence-electron chi connectivity index (χ3n) is 6.81. The Bertz CT molecular complexity index is 360. The van der Waals surface area contributed by atoms with Crippen molar-refractivity contribution >= 4 is 11.8 Å². The lowest BCUT2D eigenvalue weighted by Crippen LogP contribution is -2.05. The molecule has 0 unspecified atom stereocenters. The summed E-state index contributed by atoms with van der Waals surface area (Å²) in [5.41, 5.74) is 0. The number of azo groups is 1. The summed E-state index contributed by atoms with van der Waals surface area (Å²) >= 11 is 2.18. The highest BCUT2D eigenvalue weighted by Crippen LogP contribution is 2.25. The summed E-state index contributed by atoms with van der Waals surface area (Å²) in [6.07, 6.45) is 32.9. The van der Waals surface area contributed by atoms with E-state index in [1.165, 1.54) is 153 Å². The molecule has 1 aliphatic rings. The lowest BCUT2D eigenvalue weighted by Gasteiger charge is -2.15. The minimum atomic E-state index is 0.884. The maximum Gasteiger partial charge on any atom is 0.0689 e. The molecule has 31 heavy (non-hydrogen) atoms. The Hall–Kier alpha value is -0.0500. The maximum absolute atomic E-state index is 4.44. The molecule has 0 bridgehead atoms. The molecule has 0 aromatic rings. The van der Waals surface area contributed by atoms with Crippen LogP contribution in [0.3, 0.4) is 0 Å². The average Bonchev–Trinajstić information content (AvgIpc) is 2.84. The van der Waals surface area contributed by atoms with E-state index in [4.69, 9.17) is 0 Å². The van der Waals surface area contributed by atoms with Gasteiger partial charge >= 0.3 is 0 Å². The molecule has 0 aromatic carbocycles. The predicted octanol–water partition coefficient (Wildman–Crippen LogP) is 10.5. The first-order valence-electron chi connectivity index (χ1n) is 14.4. The summed E-state index contributed by atoms with van der Waals surface area (Å²) in [7, 11) is 0. The van der Waals surface area contributed by atoms with E-state index >= 15 is 0 Å². The topological polar surface area (TPSA) is 24.7 Å². The summed E-state index contributed by atoms with van der Waals surface area (Å²) in [6, 6.07) is 0. The smallest absolute Gasteiger partial charge is 0.0689 e. The Morgan fingerprint density at radius 1 is 0.516 bits per heavy atom. The fraction of sp³-hybridized carbons (Fsp3) is 1.00. The molecule has 2 nitrogen and oxygen atoms in total. The van der Waals surface area contributed by atoms with Crippen LogP contribution in [0.2, 0.25) is 0 Å². The molecule has 1 aliphatic carbocycles. The van der Waals surface area contributed by atoms with Gasteiger partial charge < -0.3 is 0 Å². The normalized spacial score (nSPS) is 17.2. The van der Waals surface area contributed by atoms with Crippen molar-refractivity contribution in [2.24, 2.45) is 10.2 Å². The van der Waals surface area contributed by atoms with Crippen LogP contribution >= 0.6 is 11.8 Å². The van der Waals surface area contributed by atoms with Crippen LogP contribution in [0.1, 0.15) is 155 Å². The van der Waals surface area contributed by atoms with Gasteiger partial charge in [-0.05, 0) is 19.3 Å². The Labute approximate surface area is 200 Å². The molecular formula is C28H56N2S. The Morgan fingerprint density at radius 2 is 0.935 bits per heavy atom. The quantitative estimate of drug-likeness (QED) is 0.150. The largest absolute Gasteiger partial charge is 0.194 e. The second kappa shape index (κ2) is 24.6. The average molecular weight is 453 g/mol. The van der Waals surface area contributed by atoms with E-state index in [-0.39, 0.29) is 0 Å². The van der Waals surface area contributed by atoms with Crippen LogP contribution in [0.25, 0.3) is 0 Å². The molecule has 0 spiro atoms. The number of hydrogen-bond acceptors (Lipinski definition) is 3. The van der Waals surface area contributed by atoms with E-state index in [1.54, 1.807) is 0 Å². The van der Waals surface area contributed by atoms with Crippen molar-refractivity contribution in [1.29, 1.82) is 0 Å².